The van der Waals surface area contributed by atoms with Gasteiger partial charge in [0.05, 0.1) is 11.9 Å². The van der Waals surface area contributed by atoms with Crippen molar-refractivity contribution in [3.05, 3.63) is 42.1 Å². The fourth-order valence-electron chi connectivity index (χ4n) is 1.73. The van der Waals surface area contributed by atoms with Crippen molar-refractivity contribution in [3.8, 4) is 0 Å². The van der Waals surface area contributed by atoms with Crippen LogP contribution in [0.4, 0.5) is 0 Å². The summed E-state index contributed by atoms with van der Waals surface area (Å²) in [5.41, 5.74) is 7.40. The molecule has 2 rings (SSSR count). The van der Waals surface area contributed by atoms with Gasteiger partial charge in [0.15, 0.2) is 0 Å². The van der Waals surface area contributed by atoms with E-state index in [9.17, 15) is 4.79 Å². The van der Waals surface area contributed by atoms with Gasteiger partial charge in [-0.25, -0.2) is 0 Å². The van der Waals surface area contributed by atoms with Crippen LogP contribution >= 0.6 is 0 Å². The summed E-state index contributed by atoms with van der Waals surface area (Å²) in [6.07, 6.45) is 1.59. The summed E-state index contributed by atoms with van der Waals surface area (Å²) in [7, 11) is 0. The van der Waals surface area contributed by atoms with Gasteiger partial charge < -0.3 is 10.8 Å². The smallest absolute Gasteiger partial charge is 0.305 e. The molecule has 0 saturated heterocycles. The molecule has 16 heavy (non-hydrogen) atoms. The van der Waals surface area contributed by atoms with E-state index in [4.69, 9.17) is 10.8 Å². The van der Waals surface area contributed by atoms with Crippen LogP contribution in [0, 0.1) is 0 Å². The normalized spacial score (nSPS) is 12.6. The van der Waals surface area contributed by atoms with Gasteiger partial charge in [0.25, 0.3) is 0 Å². The molecule has 0 radical (unpaired) electrons. The van der Waals surface area contributed by atoms with Crippen LogP contribution in [-0.2, 0) is 4.79 Å². The van der Waals surface area contributed by atoms with Gasteiger partial charge in [-0.3, -0.25) is 9.78 Å². The van der Waals surface area contributed by atoms with E-state index >= 15 is 0 Å². The van der Waals surface area contributed by atoms with Gasteiger partial charge in [-0.15, -0.1) is 0 Å². The molecule has 0 amide bonds. The molecule has 1 aromatic heterocycles. The molecule has 3 N–H and O–H groups in total. The molecule has 0 spiro atoms. The van der Waals surface area contributed by atoms with E-state index in [0.717, 1.165) is 16.5 Å². The van der Waals surface area contributed by atoms with E-state index in [1.54, 1.807) is 6.20 Å². The van der Waals surface area contributed by atoms with Crippen LogP contribution in [0.25, 0.3) is 10.9 Å². The lowest BCUT2D eigenvalue weighted by atomic mass is 10.0. The number of pyridine rings is 1. The minimum atomic E-state index is -0.902. The Morgan fingerprint density at radius 3 is 2.88 bits per heavy atom. The Morgan fingerprint density at radius 1 is 1.38 bits per heavy atom. The quantitative estimate of drug-likeness (QED) is 0.818. The molecular weight excluding hydrogens is 204 g/mol. The van der Waals surface area contributed by atoms with E-state index in [1.807, 2.05) is 30.3 Å². The molecule has 1 atom stereocenters. The maximum Gasteiger partial charge on any atom is 0.305 e. The van der Waals surface area contributed by atoms with E-state index in [-0.39, 0.29) is 6.42 Å². The number of carbonyl (C=O) groups is 1. The molecule has 0 aliphatic heterocycles. The predicted octanol–water partition coefficient (Wildman–Crippen LogP) is 1.71. The summed E-state index contributed by atoms with van der Waals surface area (Å²) < 4.78 is 0. The van der Waals surface area contributed by atoms with E-state index < -0.39 is 12.0 Å². The van der Waals surface area contributed by atoms with Gasteiger partial charge >= 0.3 is 5.97 Å². The molecule has 4 nitrogen and oxygen atoms in total. The van der Waals surface area contributed by atoms with Gasteiger partial charge in [0.2, 0.25) is 0 Å². The summed E-state index contributed by atoms with van der Waals surface area (Å²) >= 11 is 0. The lowest BCUT2D eigenvalue weighted by Gasteiger charge is -2.11. The second-order valence-corrected chi connectivity index (χ2v) is 3.63. The molecule has 0 fully saturated rings. The topological polar surface area (TPSA) is 76.2 Å². The average Bonchev–Trinajstić information content (AvgIpc) is 2.27. The zero-order chi connectivity index (χ0) is 11.5. The number of aromatic nitrogens is 1. The second kappa shape index (κ2) is 4.28. The fraction of sp³-hybridized carbons (Fsp3) is 0.167. The van der Waals surface area contributed by atoms with Crippen molar-refractivity contribution in [1.29, 1.82) is 0 Å². The molecule has 0 aliphatic carbocycles. The van der Waals surface area contributed by atoms with Crippen LogP contribution in [-0.4, -0.2) is 16.1 Å². The van der Waals surface area contributed by atoms with Gasteiger partial charge in [0.1, 0.15) is 0 Å². The van der Waals surface area contributed by atoms with Crippen LogP contribution in [0.1, 0.15) is 18.0 Å². The Labute approximate surface area is 92.7 Å². The summed E-state index contributed by atoms with van der Waals surface area (Å²) in [5.74, 6) is -0.902. The number of fused-ring (bicyclic) bond motifs is 1. The third-order valence-corrected chi connectivity index (χ3v) is 2.46. The zero-order valence-electron chi connectivity index (χ0n) is 8.63. The zero-order valence-corrected chi connectivity index (χ0v) is 8.63. The molecule has 1 heterocycles. The summed E-state index contributed by atoms with van der Waals surface area (Å²) in [6.45, 7) is 0. The molecule has 0 aliphatic rings. The van der Waals surface area contributed by atoms with Crippen molar-refractivity contribution in [2.75, 3.05) is 0 Å². The Balaban J connectivity index is 2.47. The van der Waals surface area contributed by atoms with Crippen molar-refractivity contribution >= 4 is 16.9 Å². The number of carboxylic acids is 1. The Morgan fingerprint density at radius 2 is 2.12 bits per heavy atom. The first-order chi connectivity index (χ1) is 7.68. The monoisotopic (exact) mass is 216 g/mol. The number of benzene rings is 1. The molecule has 0 saturated carbocycles. The molecule has 4 heteroatoms. The summed E-state index contributed by atoms with van der Waals surface area (Å²) in [6, 6.07) is 8.87. The highest BCUT2D eigenvalue weighted by atomic mass is 16.4. The molecule has 1 aromatic carbocycles. The molecular formula is C12H12N2O2. The number of nitrogens with two attached hydrogens (primary N) is 1. The maximum absolute atomic E-state index is 10.6. The highest BCUT2D eigenvalue weighted by Gasteiger charge is 2.13. The van der Waals surface area contributed by atoms with Gasteiger partial charge in [0, 0.05) is 17.6 Å². The third-order valence-electron chi connectivity index (χ3n) is 2.46. The van der Waals surface area contributed by atoms with E-state index in [0.29, 0.717) is 0 Å². The van der Waals surface area contributed by atoms with Crippen molar-refractivity contribution in [3.63, 3.8) is 0 Å². The van der Waals surface area contributed by atoms with Gasteiger partial charge in [-0.2, -0.15) is 0 Å². The van der Waals surface area contributed by atoms with Crippen molar-refractivity contribution < 1.29 is 9.90 Å². The van der Waals surface area contributed by atoms with Gasteiger partial charge in [-0.1, -0.05) is 24.3 Å². The first-order valence-corrected chi connectivity index (χ1v) is 4.99. The van der Waals surface area contributed by atoms with Crippen LogP contribution in [0.3, 0.4) is 0 Å². The predicted molar refractivity (Wildman–Crippen MR) is 60.9 cm³/mol. The largest absolute Gasteiger partial charge is 0.481 e. The molecule has 82 valence electrons. The number of carboxylic acid groups (broad SMARTS) is 1. The van der Waals surface area contributed by atoms with Crippen LogP contribution < -0.4 is 5.73 Å². The summed E-state index contributed by atoms with van der Waals surface area (Å²) in [5, 5.41) is 9.69. The SMILES string of the molecule is N[C@H](CC(=O)O)c1cccc2cccnc12. The third kappa shape index (κ3) is 2.01. The summed E-state index contributed by atoms with van der Waals surface area (Å²) in [4.78, 5) is 14.9. The number of para-hydroxylation sites is 1. The van der Waals surface area contributed by atoms with E-state index in [1.165, 1.54) is 0 Å². The van der Waals surface area contributed by atoms with Crippen LogP contribution in [0.5, 0.6) is 0 Å². The number of hydrogen-bond acceptors (Lipinski definition) is 3. The highest BCUT2D eigenvalue weighted by molar-refractivity contribution is 5.82. The van der Waals surface area contributed by atoms with E-state index in [2.05, 4.69) is 4.98 Å². The van der Waals surface area contributed by atoms with Crippen molar-refractivity contribution in [2.45, 2.75) is 12.5 Å². The van der Waals surface area contributed by atoms with Crippen LogP contribution in [0.2, 0.25) is 0 Å². The number of aliphatic carboxylic acids is 1. The maximum atomic E-state index is 10.6. The number of rotatable bonds is 3. The van der Waals surface area contributed by atoms with Crippen molar-refractivity contribution in [1.82, 2.24) is 4.98 Å². The van der Waals surface area contributed by atoms with Crippen molar-refractivity contribution in [2.24, 2.45) is 5.73 Å². The number of nitrogens with zero attached hydrogens (tertiary/aromatic N) is 1. The second-order valence-electron chi connectivity index (χ2n) is 3.63. The van der Waals surface area contributed by atoms with Crippen LogP contribution in [0.15, 0.2) is 36.5 Å². The Kier molecular flexibility index (Phi) is 2.83. The average molecular weight is 216 g/mol. The Hall–Kier alpha value is -1.94. The highest BCUT2D eigenvalue weighted by Crippen LogP contribution is 2.22. The first kappa shape index (κ1) is 10.6. The number of hydrogen-bond donors (Lipinski definition) is 2. The lowest BCUT2D eigenvalue weighted by Crippen LogP contribution is -2.15. The minimum absolute atomic E-state index is 0.0876. The Bertz CT molecular complexity index is 520. The lowest BCUT2D eigenvalue weighted by molar-refractivity contribution is -0.137. The molecule has 2 aromatic rings. The molecule has 0 bridgehead atoms. The minimum Gasteiger partial charge on any atom is -0.481 e. The standard InChI is InChI=1S/C12H12N2O2/c13-10(7-11(15)16)9-5-1-3-8-4-2-6-14-12(8)9/h1-6,10H,7,13H2,(H,15,16)/t10-/m1/s1. The van der Waals surface area contributed by atoms with Gasteiger partial charge in [-0.05, 0) is 11.6 Å². The first-order valence-electron chi connectivity index (χ1n) is 4.99. The fourth-order valence-corrected chi connectivity index (χ4v) is 1.73. The molecule has 0 unspecified atom stereocenters.